The molecule has 0 aliphatic heterocycles. The van der Waals surface area contributed by atoms with E-state index in [4.69, 9.17) is 4.42 Å². The number of sulfonamides is 1. The van der Waals surface area contributed by atoms with Crippen LogP contribution in [0.25, 0.3) is 0 Å². The second kappa shape index (κ2) is 8.66. The summed E-state index contributed by atoms with van der Waals surface area (Å²) in [6.07, 6.45) is 3.17. The van der Waals surface area contributed by atoms with Crippen molar-refractivity contribution < 1.29 is 22.4 Å². The van der Waals surface area contributed by atoms with Crippen LogP contribution in [0.4, 0.5) is 5.00 Å². The molecule has 1 fully saturated rings. The molecule has 2 amide bonds. The number of thiophene rings is 1. The highest BCUT2D eigenvalue weighted by Crippen LogP contribution is 2.27. The zero-order chi connectivity index (χ0) is 22.0. The predicted molar refractivity (Wildman–Crippen MR) is 117 cm³/mol. The van der Waals surface area contributed by atoms with Crippen molar-refractivity contribution in [2.24, 2.45) is 0 Å². The number of carbonyl (C=O) groups excluding carboxylic acids is 2. The summed E-state index contributed by atoms with van der Waals surface area (Å²) in [6.45, 7) is 2.04. The van der Waals surface area contributed by atoms with Crippen LogP contribution in [0.3, 0.4) is 0 Å². The Hall–Kier alpha value is -2.95. The largest absolute Gasteiger partial charge is 0.459 e. The number of hydrogen-bond acceptors (Lipinski definition) is 6. The van der Waals surface area contributed by atoms with Crippen LogP contribution in [0.1, 0.15) is 44.2 Å². The van der Waals surface area contributed by atoms with Crippen molar-refractivity contribution in [2.45, 2.75) is 37.2 Å². The van der Waals surface area contributed by atoms with Gasteiger partial charge in [-0.25, -0.2) is 13.1 Å². The van der Waals surface area contributed by atoms with E-state index >= 15 is 0 Å². The first-order valence-corrected chi connectivity index (χ1v) is 12.0. The van der Waals surface area contributed by atoms with Crippen LogP contribution in [-0.2, 0) is 16.6 Å². The van der Waals surface area contributed by atoms with Gasteiger partial charge >= 0.3 is 0 Å². The number of nitrogens with one attached hydrogen (secondary N) is 3. The number of aryl methyl sites for hydroxylation is 1. The summed E-state index contributed by atoms with van der Waals surface area (Å²) in [6, 6.07) is 11.4. The Morgan fingerprint density at radius 1 is 1.13 bits per heavy atom. The molecule has 162 valence electrons. The third-order valence-corrected chi connectivity index (χ3v) is 7.38. The summed E-state index contributed by atoms with van der Waals surface area (Å²) in [5.74, 6) is -0.465. The number of anilines is 1. The van der Waals surface area contributed by atoms with Gasteiger partial charge in [0, 0.05) is 12.6 Å². The molecule has 3 aromatic rings. The fourth-order valence-corrected chi connectivity index (χ4v) is 5.18. The smallest absolute Gasteiger partial charge is 0.291 e. The molecule has 0 radical (unpaired) electrons. The summed E-state index contributed by atoms with van der Waals surface area (Å²) in [5, 5.41) is 6.08. The molecule has 1 aliphatic carbocycles. The fourth-order valence-electron chi connectivity index (χ4n) is 2.89. The van der Waals surface area contributed by atoms with Gasteiger partial charge in [-0.05, 0) is 61.2 Å². The molecule has 0 saturated heterocycles. The minimum absolute atomic E-state index is 0.0479. The molecular weight excluding hydrogens is 438 g/mol. The van der Waals surface area contributed by atoms with Crippen molar-refractivity contribution >= 4 is 38.2 Å². The number of amides is 2. The van der Waals surface area contributed by atoms with Crippen molar-refractivity contribution in [3.63, 3.8) is 0 Å². The van der Waals surface area contributed by atoms with E-state index in [9.17, 15) is 18.0 Å². The molecule has 0 bridgehead atoms. The summed E-state index contributed by atoms with van der Waals surface area (Å²) in [7, 11) is -3.49. The third kappa shape index (κ3) is 5.22. The third-order valence-electron chi connectivity index (χ3n) is 4.69. The Morgan fingerprint density at radius 2 is 1.87 bits per heavy atom. The molecule has 10 heteroatoms. The van der Waals surface area contributed by atoms with Crippen LogP contribution >= 0.6 is 11.3 Å². The van der Waals surface area contributed by atoms with Gasteiger partial charge in [-0.15, -0.1) is 11.3 Å². The average molecular weight is 460 g/mol. The van der Waals surface area contributed by atoms with E-state index in [1.165, 1.54) is 29.7 Å². The van der Waals surface area contributed by atoms with Gasteiger partial charge in [0.05, 0.1) is 21.0 Å². The molecule has 2 aromatic heterocycles. The van der Waals surface area contributed by atoms with Crippen LogP contribution in [0, 0.1) is 6.92 Å². The summed E-state index contributed by atoms with van der Waals surface area (Å²) in [5.41, 5.74) is 1.52. The van der Waals surface area contributed by atoms with Crippen molar-refractivity contribution in [1.29, 1.82) is 0 Å². The molecule has 0 unspecified atom stereocenters. The topological polar surface area (TPSA) is 118 Å². The normalized spacial score (nSPS) is 13.7. The van der Waals surface area contributed by atoms with Gasteiger partial charge in [0.2, 0.25) is 10.0 Å². The highest BCUT2D eigenvalue weighted by atomic mass is 32.2. The molecule has 2 heterocycles. The van der Waals surface area contributed by atoms with Gasteiger partial charge in [-0.1, -0.05) is 12.1 Å². The van der Waals surface area contributed by atoms with E-state index in [0.717, 1.165) is 24.0 Å². The van der Waals surface area contributed by atoms with Crippen LogP contribution < -0.4 is 15.4 Å². The van der Waals surface area contributed by atoms with Crippen molar-refractivity contribution in [1.82, 2.24) is 10.0 Å². The predicted octanol–water partition coefficient (Wildman–Crippen LogP) is 3.27. The maximum Gasteiger partial charge on any atom is 0.291 e. The fraction of sp³-hybridized carbons (Fsp3) is 0.238. The van der Waals surface area contributed by atoms with Crippen LogP contribution in [-0.4, -0.2) is 26.3 Å². The summed E-state index contributed by atoms with van der Waals surface area (Å²) >= 11 is 1.17. The van der Waals surface area contributed by atoms with Crippen molar-refractivity contribution in [3.8, 4) is 0 Å². The lowest BCUT2D eigenvalue weighted by Gasteiger charge is -2.08. The number of furan rings is 1. The molecule has 8 nitrogen and oxygen atoms in total. The van der Waals surface area contributed by atoms with Gasteiger partial charge in [0.1, 0.15) is 0 Å². The second-order valence-electron chi connectivity index (χ2n) is 7.28. The van der Waals surface area contributed by atoms with Crippen LogP contribution in [0.15, 0.2) is 58.0 Å². The van der Waals surface area contributed by atoms with Gasteiger partial charge in [0.15, 0.2) is 5.76 Å². The van der Waals surface area contributed by atoms with Gasteiger partial charge in [-0.3, -0.25) is 9.59 Å². The molecule has 31 heavy (non-hydrogen) atoms. The first kappa shape index (κ1) is 21.3. The Kier molecular flexibility index (Phi) is 5.94. The Bertz CT molecular complexity index is 1190. The zero-order valence-corrected chi connectivity index (χ0v) is 18.3. The standard InChI is InChI=1S/C21H21N3O5S2/c1-13-11-18(23-20(25)17-3-2-10-29-17)30-19(13)21(26)22-12-14-4-8-16(9-5-14)31(27,28)24-15-6-7-15/h2-5,8-11,15,24H,6-7,12H2,1H3,(H,22,26)(H,23,25). The first-order chi connectivity index (χ1) is 14.8. The maximum absolute atomic E-state index is 12.6. The van der Waals surface area contributed by atoms with Crippen molar-refractivity contribution in [3.05, 3.63) is 70.5 Å². The molecular formula is C21H21N3O5S2. The monoisotopic (exact) mass is 459 g/mol. The molecule has 4 rings (SSSR count). The molecule has 1 aliphatic rings. The molecule has 3 N–H and O–H groups in total. The lowest BCUT2D eigenvalue weighted by Crippen LogP contribution is -2.26. The Morgan fingerprint density at radius 3 is 2.52 bits per heavy atom. The zero-order valence-electron chi connectivity index (χ0n) is 16.7. The Labute approximate surface area is 183 Å². The van der Waals surface area contributed by atoms with E-state index < -0.39 is 10.0 Å². The number of hydrogen-bond donors (Lipinski definition) is 3. The minimum atomic E-state index is -3.49. The highest BCUT2D eigenvalue weighted by Gasteiger charge is 2.27. The van der Waals surface area contributed by atoms with E-state index in [2.05, 4.69) is 15.4 Å². The second-order valence-corrected chi connectivity index (χ2v) is 10.0. The van der Waals surface area contributed by atoms with E-state index in [0.29, 0.717) is 9.88 Å². The van der Waals surface area contributed by atoms with Crippen molar-refractivity contribution in [2.75, 3.05) is 5.32 Å². The number of carbonyl (C=O) groups is 2. The SMILES string of the molecule is Cc1cc(NC(=O)c2ccco2)sc1C(=O)NCc1ccc(S(=O)(=O)NC2CC2)cc1. The first-order valence-electron chi connectivity index (χ1n) is 9.66. The summed E-state index contributed by atoms with van der Waals surface area (Å²) in [4.78, 5) is 25.4. The number of rotatable bonds is 8. The van der Waals surface area contributed by atoms with E-state index in [1.807, 2.05) is 0 Å². The highest BCUT2D eigenvalue weighted by molar-refractivity contribution is 7.89. The Balaban J connectivity index is 1.35. The van der Waals surface area contributed by atoms with E-state index in [-0.39, 0.29) is 35.1 Å². The van der Waals surface area contributed by atoms with Gasteiger partial charge in [-0.2, -0.15) is 0 Å². The average Bonchev–Trinajstić information content (AvgIpc) is 3.22. The quantitative estimate of drug-likeness (QED) is 0.478. The van der Waals surface area contributed by atoms with Gasteiger partial charge < -0.3 is 15.1 Å². The van der Waals surface area contributed by atoms with Crippen LogP contribution in [0.2, 0.25) is 0 Å². The lowest BCUT2D eigenvalue weighted by molar-refractivity contribution is 0.0953. The number of benzene rings is 1. The maximum atomic E-state index is 12.6. The molecule has 0 spiro atoms. The molecule has 1 aromatic carbocycles. The lowest BCUT2D eigenvalue weighted by atomic mass is 10.2. The summed E-state index contributed by atoms with van der Waals surface area (Å²) < 4.78 is 32.1. The van der Waals surface area contributed by atoms with Crippen LogP contribution in [0.5, 0.6) is 0 Å². The molecule has 1 saturated carbocycles. The molecule has 0 atom stereocenters. The minimum Gasteiger partial charge on any atom is -0.459 e. The van der Waals surface area contributed by atoms with Gasteiger partial charge in [0.25, 0.3) is 11.8 Å². The van der Waals surface area contributed by atoms with E-state index in [1.54, 1.807) is 37.3 Å².